The molecule has 0 heterocycles. The first-order valence-electron chi connectivity index (χ1n) is 5.75. The van der Waals surface area contributed by atoms with E-state index in [1.165, 1.54) is 0 Å². The summed E-state index contributed by atoms with van der Waals surface area (Å²) in [6.07, 6.45) is 2.33. The van der Waals surface area contributed by atoms with E-state index in [9.17, 15) is 9.59 Å². The van der Waals surface area contributed by atoms with Crippen LogP contribution in [0, 0.1) is 10.5 Å². The Hall–Kier alpha value is -0.760. The van der Waals surface area contributed by atoms with Crippen molar-refractivity contribution in [1.29, 1.82) is 0 Å². The Labute approximate surface area is 130 Å². The number of aliphatic carboxylic acids is 1. The minimum absolute atomic E-state index is 0.332. The van der Waals surface area contributed by atoms with Crippen molar-refractivity contribution in [2.45, 2.75) is 19.4 Å². The Balaban J connectivity index is 2.82. The summed E-state index contributed by atoms with van der Waals surface area (Å²) in [5, 5.41) is 11.7. The molecule has 0 saturated carbocycles. The zero-order valence-corrected chi connectivity index (χ0v) is 13.7. The number of benzene rings is 1. The van der Waals surface area contributed by atoms with Crippen LogP contribution in [-0.4, -0.2) is 35.0 Å². The number of halogens is 1. The number of hydrogen-bond acceptors (Lipinski definition) is 3. The molecule has 1 rings (SSSR count). The molecule has 0 unspecified atom stereocenters. The highest BCUT2D eigenvalue weighted by molar-refractivity contribution is 14.1. The summed E-state index contributed by atoms with van der Waals surface area (Å²) in [4.78, 5) is 23.2. The predicted octanol–water partition coefficient (Wildman–Crippen LogP) is 2.54. The Morgan fingerprint density at radius 1 is 1.47 bits per heavy atom. The Bertz CT molecular complexity index is 479. The van der Waals surface area contributed by atoms with Crippen LogP contribution < -0.4 is 5.32 Å². The average Bonchev–Trinajstić information content (AvgIpc) is 2.37. The van der Waals surface area contributed by atoms with Crippen LogP contribution in [0.25, 0.3) is 0 Å². The molecule has 2 N–H and O–H groups in total. The van der Waals surface area contributed by atoms with Crippen molar-refractivity contribution in [3.8, 4) is 0 Å². The third kappa shape index (κ3) is 4.68. The third-order valence-corrected chi connectivity index (χ3v) is 4.73. The number of hydrogen-bond donors (Lipinski definition) is 2. The van der Waals surface area contributed by atoms with Gasteiger partial charge in [0.2, 0.25) is 0 Å². The fourth-order valence-corrected chi connectivity index (χ4v) is 2.63. The van der Waals surface area contributed by atoms with Crippen LogP contribution in [0.3, 0.4) is 0 Å². The summed E-state index contributed by atoms with van der Waals surface area (Å²) in [6.45, 7) is 1.92. The number of amides is 1. The second-order valence-electron chi connectivity index (χ2n) is 4.08. The highest BCUT2D eigenvalue weighted by Crippen LogP contribution is 2.16. The Morgan fingerprint density at radius 2 is 2.16 bits per heavy atom. The minimum atomic E-state index is -0.995. The molecule has 0 saturated heterocycles. The zero-order valence-electron chi connectivity index (χ0n) is 10.8. The number of carbonyl (C=O) groups is 2. The van der Waals surface area contributed by atoms with Gasteiger partial charge < -0.3 is 10.4 Å². The van der Waals surface area contributed by atoms with Gasteiger partial charge in [0, 0.05) is 3.57 Å². The van der Waals surface area contributed by atoms with Crippen LogP contribution in [0.4, 0.5) is 0 Å². The number of carboxylic acids is 1. The van der Waals surface area contributed by atoms with Gasteiger partial charge in [0.05, 0.1) is 5.56 Å². The standard InChI is InChI=1S/C13H16INO3S/c1-8-4-3-5-9(11(8)14)12(16)15-10(13(17)18)6-7-19-2/h3-5,10H,6-7H2,1-2H3,(H,15,16)(H,17,18)/t10-/m0/s1. The molecular weight excluding hydrogens is 377 g/mol. The lowest BCUT2D eigenvalue weighted by atomic mass is 10.1. The van der Waals surface area contributed by atoms with Gasteiger partial charge in [0.25, 0.3) is 5.91 Å². The summed E-state index contributed by atoms with van der Waals surface area (Å²) in [5.74, 6) is -0.631. The smallest absolute Gasteiger partial charge is 0.326 e. The summed E-state index contributed by atoms with van der Waals surface area (Å²) in [5.41, 5.74) is 1.53. The van der Waals surface area contributed by atoms with E-state index in [2.05, 4.69) is 27.9 Å². The molecule has 0 aliphatic heterocycles. The molecule has 6 heteroatoms. The topological polar surface area (TPSA) is 66.4 Å². The fraction of sp³-hybridized carbons (Fsp3) is 0.385. The maximum absolute atomic E-state index is 12.1. The van der Waals surface area contributed by atoms with Gasteiger partial charge in [-0.25, -0.2) is 4.79 Å². The van der Waals surface area contributed by atoms with Crippen LogP contribution in [0.2, 0.25) is 0 Å². The van der Waals surface area contributed by atoms with Gasteiger partial charge in [-0.05, 0) is 59.6 Å². The molecule has 0 aliphatic rings. The normalized spacial score (nSPS) is 11.9. The number of carbonyl (C=O) groups excluding carboxylic acids is 1. The first-order chi connectivity index (χ1) is 8.97. The van der Waals surface area contributed by atoms with Crippen molar-refractivity contribution in [3.05, 3.63) is 32.9 Å². The van der Waals surface area contributed by atoms with Gasteiger partial charge in [-0.3, -0.25) is 4.79 Å². The number of thioether (sulfide) groups is 1. The van der Waals surface area contributed by atoms with Crippen LogP contribution in [-0.2, 0) is 4.79 Å². The van der Waals surface area contributed by atoms with E-state index in [1.54, 1.807) is 23.9 Å². The van der Waals surface area contributed by atoms with E-state index >= 15 is 0 Å². The van der Waals surface area contributed by atoms with E-state index in [0.29, 0.717) is 17.7 Å². The quantitative estimate of drug-likeness (QED) is 0.730. The van der Waals surface area contributed by atoms with E-state index in [4.69, 9.17) is 5.11 Å². The Kier molecular flexibility index (Phi) is 6.64. The SMILES string of the molecule is CSCC[C@H](NC(=O)c1cccc(C)c1I)C(=O)O. The molecule has 1 amide bonds. The summed E-state index contributed by atoms with van der Waals surface area (Å²) in [7, 11) is 0. The second kappa shape index (κ2) is 7.74. The van der Waals surface area contributed by atoms with Gasteiger partial charge in [-0.2, -0.15) is 11.8 Å². The highest BCUT2D eigenvalue weighted by atomic mass is 127. The zero-order chi connectivity index (χ0) is 14.4. The lowest BCUT2D eigenvalue weighted by Gasteiger charge is -2.15. The minimum Gasteiger partial charge on any atom is -0.480 e. The van der Waals surface area contributed by atoms with Gasteiger partial charge in [0.1, 0.15) is 6.04 Å². The molecule has 1 aromatic carbocycles. The van der Waals surface area contributed by atoms with Crippen molar-refractivity contribution >= 4 is 46.2 Å². The molecule has 0 bridgehead atoms. The number of rotatable bonds is 6. The maximum Gasteiger partial charge on any atom is 0.326 e. The molecule has 0 aromatic heterocycles. The van der Waals surface area contributed by atoms with Crippen LogP contribution in [0.15, 0.2) is 18.2 Å². The molecule has 1 atom stereocenters. The van der Waals surface area contributed by atoms with Crippen LogP contribution in [0.5, 0.6) is 0 Å². The maximum atomic E-state index is 12.1. The van der Waals surface area contributed by atoms with Crippen molar-refractivity contribution in [3.63, 3.8) is 0 Å². The summed E-state index contributed by atoms with van der Waals surface area (Å²) in [6, 6.07) is 4.58. The molecular formula is C13H16INO3S. The van der Waals surface area contributed by atoms with Crippen LogP contribution in [0.1, 0.15) is 22.3 Å². The van der Waals surface area contributed by atoms with E-state index in [-0.39, 0.29) is 5.91 Å². The van der Waals surface area contributed by atoms with Crippen molar-refractivity contribution < 1.29 is 14.7 Å². The molecule has 104 valence electrons. The molecule has 19 heavy (non-hydrogen) atoms. The van der Waals surface area contributed by atoms with Crippen molar-refractivity contribution in [2.24, 2.45) is 0 Å². The van der Waals surface area contributed by atoms with Gasteiger partial charge >= 0.3 is 5.97 Å². The van der Waals surface area contributed by atoms with E-state index in [1.807, 2.05) is 19.2 Å². The van der Waals surface area contributed by atoms with Crippen molar-refractivity contribution in [1.82, 2.24) is 5.32 Å². The Morgan fingerprint density at radius 3 is 2.74 bits per heavy atom. The lowest BCUT2D eigenvalue weighted by Crippen LogP contribution is -2.41. The average molecular weight is 393 g/mol. The molecule has 0 fully saturated rings. The summed E-state index contributed by atoms with van der Waals surface area (Å²) < 4.78 is 0.853. The number of aryl methyl sites for hydroxylation is 1. The molecule has 0 spiro atoms. The summed E-state index contributed by atoms with van der Waals surface area (Å²) >= 11 is 3.66. The van der Waals surface area contributed by atoms with Crippen molar-refractivity contribution in [2.75, 3.05) is 12.0 Å². The second-order valence-corrected chi connectivity index (χ2v) is 6.15. The van der Waals surface area contributed by atoms with Crippen LogP contribution >= 0.6 is 34.4 Å². The number of nitrogens with one attached hydrogen (secondary N) is 1. The monoisotopic (exact) mass is 393 g/mol. The lowest BCUT2D eigenvalue weighted by molar-refractivity contribution is -0.139. The van der Waals surface area contributed by atoms with Gasteiger partial charge in [-0.15, -0.1) is 0 Å². The fourth-order valence-electron chi connectivity index (χ4n) is 1.55. The number of carboxylic acid groups (broad SMARTS) is 1. The van der Waals surface area contributed by atoms with Gasteiger partial charge in [0.15, 0.2) is 0 Å². The third-order valence-electron chi connectivity index (χ3n) is 2.65. The predicted molar refractivity (Wildman–Crippen MR) is 85.8 cm³/mol. The first-order valence-corrected chi connectivity index (χ1v) is 8.22. The highest BCUT2D eigenvalue weighted by Gasteiger charge is 2.21. The molecule has 0 radical (unpaired) electrons. The largest absolute Gasteiger partial charge is 0.480 e. The molecule has 1 aromatic rings. The van der Waals surface area contributed by atoms with Gasteiger partial charge in [-0.1, -0.05) is 12.1 Å². The molecule has 4 nitrogen and oxygen atoms in total. The first kappa shape index (κ1) is 16.3. The van der Waals surface area contributed by atoms with E-state index < -0.39 is 12.0 Å². The van der Waals surface area contributed by atoms with E-state index in [0.717, 1.165) is 9.13 Å². The molecule has 0 aliphatic carbocycles.